The molecule has 1 unspecified atom stereocenters. The van der Waals surface area contributed by atoms with Gasteiger partial charge in [0, 0.05) is 12.6 Å². The molecule has 2 aromatic rings. The Kier molecular flexibility index (Phi) is 4.74. The lowest BCUT2D eigenvalue weighted by Gasteiger charge is -2.27. The lowest BCUT2D eigenvalue weighted by atomic mass is 10.1. The molecule has 6 heteroatoms. The number of nitrogens with zero attached hydrogens (tertiary/aromatic N) is 2. The standard InChI is InChI=1S/C14H12Cl3FN2/c1-8(9-5-3-4-6-12(9)18)20(2)14-11(16)7-10(15)13(17)19-14/h3-8H,1-2H3. The summed E-state index contributed by atoms with van der Waals surface area (Å²) in [6.45, 7) is 1.86. The summed E-state index contributed by atoms with van der Waals surface area (Å²) in [6.07, 6.45) is 0. The highest BCUT2D eigenvalue weighted by molar-refractivity contribution is 6.42. The number of halogens is 4. The Balaban J connectivity index is 2.39. The minimum Gasteiger partial charge on any atom is -0.352 e. The van der Waals surface area contributed by atoms with Gasteiger partial charge in [0.25, 0.3) is 0 Å². The molecule has 1 aromatic carbocycles. The molecule has 0 aliphatic rings. The number of hydrogen-bond acceptors (Lipinski definition) is 2. The molecule has 2 rings (SSSR count). The first-order valence-corrected chi connectivity index (χ1v) is 7.04. The lowest BCUT2D eigenvalue weighted by Crippen LogP contribution is -2.23. The molecule has 0 N–H and O–H groups in total. The Labute approximate surface area is 132 Å². The maximum atomic E-state index is 13.8. The third-order valence-corrected chi connectivity index (χ3v) is 4.09. The van der Waals surface area contributed by atoms with Gasteiger partial charge < -0.3 is 4.90 Å². The molecule has 0 bridgehead atoms. The Morgan fingerprint density at radius 1 is 1.15 bits per heavy atom. The molecular weight excluding hydrogens is 322 g/mol. The summed E-state index contributed by atoms with van der Waals surface area (Å²) in [4.78, 5) is 5.91. The number of anilines is 1. The van der Waals surface area contributed by atoms with E-state index in [1.807, 2.05) is 6.92 Å². The van der Waals surface area contributed by atoms with Gasteiger partial charge in [-0.15, -0.1) is 0 Å². The first kappa shape index (κ1) is 15.4. The van der Waals surface area contributed by atoms with E-state index in [1.54, 1.807) is 30.1 Å². The molecular formula is C14H12Cl3FN2. The Bertz CT molecular complexity index is 634. The molecule has 1 atom stereocenters. The Morgan fingerprint density at radius 2 is 1.80 bits per heavy atom. The second-order valence-corrected chi connectivity index (χ2v) is 5.55. The fraction of sp³-hybridized carbons (Fsp3) is 0.214. The van der Waals surface area contributed by atoms with E-state index in [0.29, 0.717) is 16.4 Å². The number of aromatic nitrogens is 1. The first-order chi connectivity index (χ1) is 9.41. The molecule has 20 heavy (non-hydrogen) atoms. The van der Waals surface area contributed by atoms with Crippen LogP contribution in [0.25, 0.3) is 0 Å². The van der Waals surface area contributed by atoms with Gasteiger partial charge in [-0.25, -0.2) is 9.37 Å². The van der Waals surface area contributed by atoms with E-state index in [-0.39, 0.29) is 22.0 Å². The topological polar surface area (TPSA) is 16.1 Å². The molecule has 0 aliphatic carbocycles. The van der Waals surface area contributed by atoms with Crippen LogP contribution in [0.1, 0.15) is 18.5 Å². The maximum Gasteiger partial charge on any atom is 0.150 e. The van der Waals surface area contributed by atoms with E-state index in [1.165, 1.54) is 12.1 Å². The summed E-state index contributed by atoms with van der Waals surface area (Å²) in [7, 11) is 1.77. The summed E-state index contributed by atoms with van der Waals surface area (Å²) < 4.78 is 13.8. The predicted molar refractivity (Wildman–Crippen MR) is 82.5 cm³/mol. The van der Waals surface area contributed by atoms with Crippen molar-refractivity contribution in [3.05, 3.63) is 56.9 Å². The zero-order chi connectivity index (χ0) is 14.9. The smallest absolute Gasteiger partial charge is 0.150 e. The third kappa shape index (κ3) is 3.00. The van der Waals surface area contributed by atoms with Crippen molar-refractivity contribution in [3.8, 4) is 0 Å². The Morgan fingerprint density at radius 3 is 2.45 bits per heavy atom. The third-order valence-electron chi connectivity index (χ3n) is 3.14. The molecule has 0 aliphatic heterocycles. The lowest BCUT2D eigenvalue weighted by molar-refractivity contribution is 0.584. The van der Waals surface area contributed by atoms with E-state index in [4.69, 9.17) is 34.8 Å². The summed E-state index contributed by atoms with van der Waals surface area (Å²) >= 11 is 17.9. The van der Waals surface area contributed by atoms with Crippen molar-refractivity contribution in [3.63, 3.8) is 0 Å². The number of hydrogen-bond donors (Lipinski definition) is 0. The molecule has 1 aromatic heterocycles. The molecule has 106 valence electrons. The zero-order valence-electron chi connectivity index (χ0n) is 10.9. The van der Waals surface area contributed by atoms with Crippen molar-refractivity contribution in [2.45, 2.75) is 13.0 Å². The average Bonchev–Trinajstić information content (AvgIpc) is 2.42. The molecule has 0 fully saturated rings. The van der Waals surface area contributed by atoms with Crippen molar-refractivity contribution < 1.29 is 4.39 Å². The molecule has 0 radical (unpaired) electrons. The highest BCUT2D eigenvalue weighted by Crippen LogP contribution is 2.34. The van der Waals surface area contributed by atoms with Gasteiger partial charge in [0.05, 0.1) is 16.1 Å². The highest BCUT2D eigenvalue weighted by Gasteiger charge is 2.20. The van der Waals surface area contributed by atoms with Crippen molar-refractivity contribution in [2.24, 2.45) is 0 Å². The zero-order valence-corrected chi connectivity index (χ0v) is 13.1. The van der Waals surface area contributed by atoms with Gasteiger partial charge in [0.1, 0.15) is 16.8 Å². The second-order valence-electron chi connectivity index (χ2n) is 4.37. The van der Waals surface area contributed by atoms with Crippen molar-refractivity contribution in [1.29, 1.82) is 0 Å². The normalized spacial score (nSPS) is 12.3. The predicted octanol–water partition coefficient (Wildman–Crippen LogP) is 5.38. The minimum atomic E-state index is -0.275. The van der Waals surface area contributed by atoms with Crippen LogP contribution in [-0.4, -0.2) is 12.0 Å². The summed E-state index contributed by atoms with van der Waals surface area (Å²) in [5.74, 6) is 0.180. The van der Waals surface area contributed by atoms with Gasteiger partial charge >= 0.3 is 0 Å². The van der Waals surface area contributed by atoms with E-state index in [9.17, 15) is 4.39 Å². The van der Waals surface area contributed by atoms with Gasteiger partial charge in [0.2, 0.25) is 0 Å². The van der Waals surface area contributed by atoms with Crippen LogP contribution >= 0.6 is 34.8 Å². The highest BCUT2D eigenvalue weighted by atomic mass is 35.5. The monoisotopic (exact) mass is 332 g/mol. The van der Waals surface area contributed by atoms with Gasteiger partial charge in [-0.3, -0.25) is 0 Å². The van der Waals surface area contributed by atoms with Crippen LogP contribution in [0.4, 0.5) is 10.2 Å². The first-order valence-electron chi connectivity index (χ1n) is 5.90. The SMILES string of the molecule is CC(c1ccccc1F)N(C)c1nc(Cl)c(Cl)cc1Cl. The van der Waals surface area contributed by atoms with E-state index < -0.39 is 0 Å². The number of pyridine rings is 1. The van der Waals surface area contributed by atoms with E-state index >= 15 is 0 Å². The van der Waals surface area contributed by atoms with Crippen molar-refractivity contribution in [2.75, 3.05) is 11.9 Å². The van der Waals surface area contributed by atoms with Crippen LogP contribution < -0.4 is 4.90 Å². The van der Waals surface area contributed by atoms with Gasteiger partial charge in [-0.1, -0.05) is 53.0 Å². The summed E-state index contributed by atoms with van der Waals surface area (Å²) in [6, 6.07) is 7.85. The quantitative estimate of drug-likeness (QED) is 0.701. The second kappa shape index (κ2) is 6.17. The summed E-state index contributed by atoms with van der Waals surface area (Å²) in [5, 5.41) is 0.816. The van der Waals surface area contributed by atoms with Gasteiger partial charge in [0.15, 0.2) is 0 Å². The van der Waals surface area contributed by atoms with Crippen molar-refractivity contribution in [1.82, 2.24) is 4.98 Å². The molecule has 2 nitrogen and oxygen atoms in total. The van der Waals surface area contributed by atoms with Crippen LogP contribution in [-0.2, 0) is 0 Å². The van der Waals surface area contributed by atoms with Gasteiger partial charge in [-0.05, 0) is 19.1 Å². The Hall–Kier alpha value is -1.03. The van der Waals surface area contributed by atoms with E-state index in [2.05, 4.69) is 4.98 Å². The van der Waals surface area contributed by atoms with Crippen LogP contribution in [0.3, 0.4) is 0 Å². The molecule has 0 saturated heterocycles. The fourth-order valence-corrected chi connectivity index (χ4v) is 2.51. The van der Waals surface area contributed by atoms with Crippen LogP contribution in [0.15, 0.2) is 30.3 Å². The largest absolute Gasteiger partial charge is 0.352 e. The van der Waals surface area contributed by atoms with Crippen LogP contribution in [0.5, 0.6) is 0 Å². The van der Waals surface area contributed by atoms with Crippen LogP contribution in [0, 0.1) is 5.82 Å². The number of rotatable bonds is 3. The van der Waals surface area contributed by atoms with Crippen molar-refractivity contribution >= 4 is 40.6 Å². The summed E-state index contributed by atoms with van der Waals surface area (Å²) in [5.41, 5.74) is 0.555. The maximum absolute atomic E-state index is 13.8. The molecule has 0 amide bonds. The van der Waals surface area contributed by atoms with Crippen LogP contribution in [0.2, 0.25) is 15.2 Å². The van der Waals surface area contributed by atoms with E-state index in [0.717, 1.165) is 0 Å². The minimum absolute atomic E-state index is 0.165. The van der Waals surface area contributed by atoms with Gasteiger partial charge in [-0.2, -0.15) is 0 Å². The number of benzene rings is 1. The molecule has 0 spiro atoms. The average molecular weight is 334 g/mol. The molecule has 1 heterocycles. The molecule has 0 saturated carbocycles. The fourth-order valence-electron chi connectivity index (χ4n) is 1.89.